The zero-order valence-corrected chi connectivity index (χ0v) is 15.9. The number of rotatable bonds is 6. The third-order valence-corrected chi connectivity index (χ3v) is 4.35. The van der Waals surface area contributed by atoms with Crippen molar-refractivity contribution in [2.45, 2.75) is 13.0 Å². The summed E-state index contributed by atoms with van der Waals surface area (Å²) in [5, 5.41) is 2.96. The van der Waals surface area contributed by atoms with Crippen molar-refractivity contribution >= 4 is 29.2 Å². The lowest BCUT2D eigenvalue weighted by Gasteiger charge is -2.09. The Morgan fingerprint density at radius 2 is 1.97 bits per heavy atom. The molecule has 29 heavy (non-hydrogen) atoms. The molecule has 0 atom stereocenters. The van der Waals surface area contributed by atoms with Gasteiger partial charge in [-0.15, -0.1) is 0 Å². The molecule has 3 rings (SSSR count). The maximum absolute atomic E-state index is 13.8. The number of benzene rings is 2. The number of carbonyl (C=O) groups excluding carboxylic acids is 2. The van der Waals surface area contributed by atoms with Gasteiger partial charge in [-0.2, -0.15) is 0 Å². The van der Waals surface area contributed by atoms with Crippen molar-refractivity contribution in [1.82, 2.24) is 15.3 Å². The minimum absolute atomic E-state index is 0.0253. The van der Waals surface area contributed by atoms with Crippen molar-refractivity contribution in [3.8, 4) is 0 Å². The number of aromatic nitrogens is 2. The third kappa shape index (κ3) is 5.05. The first-order valence-electron chi connectivity index (χ1n) is 8.55. The minimum atomic E-state index is -0.764. The molecular formula is C20H17ClFN5O2. The Bertz CT molecular complexity index is 1090. The fraction of sp³-hybridized carbons (Fsp3) is 0.100. The first-order chi connectivity index (χ1) is 13.8. The number of nitrogens with one attached hydrogen (secondary N) is 1. The summed E-state index contributed by atoms with van der Waals surface area (Å²) in [7, 11) is 0. The predicted molar refractivity (Wildman–Crippen MR) is 107 cm³/mol. The Labute approximate surface area is 170 Å². The van der Waals surface area contributed by atoms with Crippen LogP contribution in [0.15, 0.2) is 48.7 Å². The number of nitrogen functional groups attached to an aromatic ring is 1. The molecule has 0 aliphatic rings. The van der Waals surface area contributed by atoms with Crippen LogP contribution < -0.4 is 16.8 Å². The van der Waals surface area contributed by atoms with Gasteiger partial charge in [0.1, 0.15) is 5.82 Å². The van der Waals surface area contributed by atoms with Gasteiger partial charge in [-0.1, -0.05) is 29.8 Å². The molecule has 0 spiro atoms. The summed E-state index contributed by atoms with van der Waals surface area (Å²) in [4.78, 5) is 31.8. The lowest BCUT2D eigenvalue weighted by Crippen LogP contribution is -2.23. The van der Waals surface area contributed by atoms with E-state index in [0.29, 0.717) is 23.2 Å². The van der Waals surface area contributed by atoms with Gasteiger partial charge < -0.3 is 16.8 Å². The first kappa shape index (κ1) is 20.2. The van der Waals surface area contributed by atoms with E-state index < -0.39 is 11.7 Å². The summed E-state index contributed by atoms with van der Waals surface area (Å²) in [6.07, 6.45) is 1.76. The Kier molecular flexibility index (Phi) is 6.04. The molecule has 0 aliphatic carbocycles. The molecule has 5 N–H and O–H groups in total. The van der Waals surface area contributed by atoms with Gasteiger partial charge in [-0.05, 0) is 29.8 Å². The van der Waals surface area contributed by atoms with Gasteiger partial charge in [-0.25, -0.2) is 14.4 Å². The van der Waals surface area contributed by atoms with Crippen LogP contribution in [0.4, 0.5) is 10.2 Å². The molecule has 0 radical (unpaired) electrons. The first-order valence-corrected chi connectivity index (χ1v) is 8.93. The lowest BCUT2D eigenvalue weighted by molar-refractivity contribution is 0.0949. The van der Waals surface area contributed by atoms with Crippen LogP contribution in [0.5, 0.6) is 0 Å². The minimum Gasteiger partial charge on any atom is -0.382 e. The van der Waals surface area contributed by atoms with E-state index in [4.69, 9.17) is 23.1 Å². The molecule has 2 aromatic carbocycles. The lowest BCUT2D eigenvalue weighted by atomic mass is 10.1. The number of anilines is 1. The van der Waals surface area contributed by atoms with Gasteiger partial charge in [0.2, 0.25) is 0 Å². The zero-order valence-electron chi connectivity index (χ0n) is 15.2. The summed E-state index contributed by atoms with van der Waals surface area (Å²) < 4.78 is 13.8. The van der Waals surface area contributed by atoms with E-state index in [-0.39, 0.29) is 29.0 Å². The van der Waals surface area contributed by atoms with Crippen molar-refractivity contribution in [3.05, 3.63) is 87.6 Å². The van der Waals surface area contributed by atoms with Gasteiger partial charge >= 0.3 is 0 Å². The van der Waals surface area contributed by atoms with Crippen LogP contribution in [0.3, 0.4) is 0 Å². The van der Waals surface area contributed by atoms with E-state index in [9.17, 15) is 14.0 Å². The van der Waals surface area contributed by atoms with Gasteiger partial charge in [-0.3, -0.25) is 9.59 Å². The summed E-state index contributed by atoms with van der Waals surface area (Å²) in [6.45, 7) is 0.0253. The normalized spacial score (nSPS) is 10.6. The Balaban J connectivity index is 1.71. The largest absolute Gasteiger partial charge is 0.382 e. The average Bonchev–Trinajstić information content (AvgIpc) is 2.68. The van der Waals surface area contributed by atoms with Crippen molar-refractivity contribution in [1.29, 1.82) is 0 Å². The topological polar surface area (TPSA) is 124 Å². The van der Waals surface area contributed by atoms with Crippen LogP contribution in [0.1, 0.15) is 37.7 Å². The molecule has 0 fully saturated rings. The standard InChI is InChI=1S/C20H17ClFN5O2/c21-14-5-4-13(16(22)8-14)9-26-20(29)12-3-1-2-11(6-12)7-15-10-25-18(23)17(27-15)19(24)28/h1-6,8,10H,7,9H2,(H2,23,25)(H2,24,28)(H,26,29). The average molecular weight is 414 g/mol. The molecule has 9 heteroatoms. The van der Waals surface area contributed by atoms with Crippen molar-refractivity contribution in [3.63, 3.8) is 0 Å². The number of amides is 2. The highest BCUT2D eigenvalue weighted by Crippen LogP contribution is 2.15. The highest BCUT2D eigenvalue weighted by atomic mass is 35.5. The molecule has 0 unspecified atom stereocenters. The second kappa shape index (κ2) is 8.66. The third-order valence-electron chi connectivity index (χ3n) is 4.11. The molecule has 7 nitrogen and oxygen atoms in total. The molecule has 0 saturated heterocycles. The van der Waals surface area contributed by atoms with Gasteiger partial charge in [0.25, 0.3) is 11.8 Å². The molecule has 0 aliphatic heterocycles. The van der Waals surface area contributed by atoms with Crippen molar-refractivity contribution < 1.29 is 14.0 Å². The zero-order chi connectivity index (χ0) is 21.0. The van der Waals surface area contributed by atoms with E-state index in [1.165, 1.54) is 18.3 Å². The number of nitrogens with two attached hydrogens (primary N) is 2. The Morgan fingerprint density at radius 3 is 2.69 bits per heavy atom. The number of primary amides is 1. The van der Waals surface area contributed by atoms with Crippen LogP contribution in [0.25, 0.3) is 0 Å². The fourth-order valence-corrected chi connectivity index (χ4v) is 2.83. The van der Waals surface area contributed by atoms with Crippen LogP contribution in [-0.2, 0) is 13.0 Å². The number of carbonyl (C=O) groups is 2. The quantitative estimate of drug-likeness (QED) is 0.572. The Hall–Kier alpha value is -3.52. The van der Waals surface area contributed by atoms with E-state index in [0.717, 1.165) is 5.56 Å². The van der Waals surface area contributed by atoms with E-state index in [1.54, 1.807) is 30.3 Å². The van der Waals surface area contributed by atoms with Crippen LogP contribution in [0, 0.1) is 5.82 Å². The molecule has 1 heterocycles. The van der Waals surface area contributed by atoms with Crippen LogP contribution in [-0.4, -0.2) is 21.8 Å². The fourth-order valence-electron chi connectivity index (χ4n) is 2.68. The highest BCUT2D eigenvalue weighted by molar-refractivity contribution is 6.30. The number of nitrogens with zero attached hydrogens (tertiary/aromatic N) is 2. The van der Waals surface area contributed by atoms with E-state index in [1.807, 2.05) is 0 Å². The number of hydrogen-bond donors (Lipinski definition) is 3. The SMILES string of the molecule is NC(=O)c1nc(Cc2cccc(C(=O)NCc3ccc(Cl)cc3F)c2)cnc1N. The summed E-state index contributed by atoms with van der Waals surface area (Å²) >= 11 is 5.73. The van der Waals surface area contributed by atoms with E-state index >= 15 is 0 Å². The van der Waals surface area contributed by atoms with Gasteiger partial charge in [0, 0.05) is 29.1 Å². The second-order valence-electron chi connectivity index (χ2n) is 6.26. The number of hydrogen-bond acceptors (Lipinski definition) is 5. The maximum Gasteiger partial charge on any atom is 0.271 e. The van der Waals surface area contributed by atoms with E-state index in [2.05, 4.69) is 15.3 Å². The molecule has 2 amide bonds. The molecule has 1 aromatic heterocycles. The van der Waals surface area contributed by atoms with Crippen LogP contribution in [0.2, 0.25) is 5.02 Å². The highest BCUT2D eigenvalue weighted by Gasteiger charge is 2.12. The molecule has 0 bridgehead atoms. The monoisotopic (exact) mass is 413 g/mol. The van der Waals surface area contributed by atoms with Crippen molar-refractivity contribution in [2.75, 3.05) is 5.73 Å². The van der Waals surface area contributed by atoms with Gasteiger partial charge in [0.15, 0.2) is 11.5 Å². The smallest absolute Gasteiger partial charge is 0.271 e. The summed E-state index contributed by atoms with van der Waals surface area (Å²) in [5.41, 5.74) is 12.7. The number of halogens is 2. The summed E-state index contributed by atoms with van der Waals surface area (Å²) in [6, 6.07) is 11.1. The Morgan fingerprint density at radius 1 is 1.17 bits per heavy atom. The second-order valence-corrected chi connectivity index (χ2v) is 6.69. The van der Waals surface area contributed by atoms with Gasteiger partial charge in [0.05, 0.1) is 11.9 Å². The summed E-state index contributed by atoms with van der Waals surface area (Å²) in [5.74, 6) is -1.65. The van der Waals surface area contributed by atoms with Crippen LogP contribution >= 0.6 is 11.6 Å². The molecule has 148 valence electrons. The molecule has 3 aromatic rings. The van der Waals surface area contributed by atoms with Crippen molar-refractivity contribution in [2.24, 2.45) is 5.73 Å². The predicted octanol–water partition coefficient (Wildman–Crippen LogP) is 2.47. The molecular weight excluding hydrogens is 397 g/mol. The molecule has 0 saturated carbocycles. The maximum atomic E-state index is 13.8.